The number of carbonyl (C=O) groups excluding carboxylic acids is 1. The summed E-state index contributed by atoms with van der Waals surface area (Å²) in [5, 5.41) is 9.35. The summed E-state index contributed by atoms with van der Waals surface area (Å²) in [6.07, 6.45) is 1.13. The summed E-state index contributed by atoms with van der Waals surface area (Å²) in [4.78, 5) is 10.9. The summed E-state index contributed by atoms with van der Waals surface area (Å²) < 4.78 is 4.68. The molecule has 1 atom stereocenters. The van der Waals surface area contributed by atoms with Crippen LogP contribution >= 0.6 is 0 Å². The third-order valence-corrected chi connectivity index (χ3v) is 1.65. The average Bonchev–Trinajstić information content (AvgIpc) is 2.03. The molecule has 0 saturated heterocycles. The zero-order valence-electron chi connectivity index (χ0n) is 7.83. The SMILES string of the molecule is C/C=C(\C)[C@@H](O)CC(=O)OCC. The first-order valence-corrected chi connectivity index (χ1v) is 4.08. The van der Waals surface area contributed by atoms with E-state index >= 15 is 0 Å². The number of allylic oxidation sites excluding steroid dienone is 1. The average molecular weight is 172 g/mol. The van der Waals surface area contributed by atoms with E-state index in [9.17, 15) is 9.90 Å². The molecule has 0 heterocycles. The van der Waals surface area contributed by atoms with Crippen LogP contribution in [0.3, 0.4) is 0 Å². The van der Waals surface area contributed by atoms with Crippen molar-refractivity contribution in [1.82, 2.24) is 0 Å². The van der Waals surface area contributed by atoms with E-state index in [0.717, 1.165) is 5.57 Å². The molecule has 3 heteroatoms. The van der Waals surface area contributed by atoms with Gasteiger partial charge in [-0.1, -0.05) is 6.08 Å². The van der Waals surface area contributed by atoms with Crippen LogP contribution < -0.4 is 0 Å². The Hall–Kier alpha value is -0.830. The van der Waals surface area contributed by atoms with Crippen LogP contribution in [0, 0.1) is 0 Å². The first kappa shape index (κ1) is 11.2. The summed E-state index contributed by atoms with van der Waals surface area (Å²) in [6.45, 7) is 5.71. The second-order valence-corrected chi connectivity index (χ2v) is 2.56. The van der Waals surface area contributed by atoms with Crippen molar-refractivity contribution < 1.29 is 14.6 Å². The summed E-state index contributed by atoms with van der Waals surface area (Å²) in [5.41, 5.74) is 0.794. The maximum Gasteiger partial charge on any atom is 0.308 e. The van der Waals surface area contributed by atoms with E-state index in [1.807, 2.05) is 6.92 Å². The second kappa shape index (κ2) is 5.77. The van der Waals surface area contributed by atoms with Crippen LogP contribution in [-0.2, 0) is 9.53 Å². The number of hydrogen-bond acceptors (Lipinski definition) is 3. The maximum atomic E-state index is 10.9. The third-order valence-electron chi connectivity index (χ3n) is 1.65. The number of carbonyl (C=O) groups is 1. The molecule has 70 valence electrons. The van der Waals surface area contributed by atoms with Gasteiger partial charge in [0.1, 0.15) is 0 Å². The molecular formula is C9H16O3. The Bertz CT molecular complexity index is 173. The van der Waals surface area contributed by atoms with Crippen molar-refractivity contribution in [2.24, 2.45) is 0 Å². The lowest BCUT2D eigenvalue weighted by atomic mass is 10.1. The summed E-state index contributed by atoms with van der Waals surface area (Å²) >= 11 is 0. The van der Waals surface area contributed by atoms with Crippen molar-refractivity contribution in [3.8, 4) is 0 Å². The van der Waals surface area contributed by atoms with Gasteiger partial charge in [0, 0.05) is 0 Å². The Balaban J connectivity index is 3.84. The molecule has 0 aliphatic heterocycles. The molecule has 0 saturated carbocycles. The number of aliphatic hydroxyl groups is 1. The molecule has 0 aromatic carbocycles. The van der Waals surface area contributed by atoms with Gasteiger partial charge < -0.3 is 9.84 Å². The molecule has 0 fully saturated rings. The van der Waals surface area contributed by atoms with Gasteiger partial charge in [-0.25, -0.2) is 0 Å². The fraction of sp³-hybridized carbons (Fsp3) is 0.667. The molecule has 0 aliphatic rings. The van der Waals surface area contributed by atoms with E-state index in [1.165, 1.54) is 0 Å². The fourth-order valence-electron chi connectivity index (χ4n) is 0.731. The lowest BCUT2D eigenvalue weighted by Gasteiger charge is -2.09. The highest BCUT2D eigenvalue weighted by Crippen LogP contribution is 2.05. The number of esters is 1. The summed E-state index contributed by atoms with van der Waals surface area (Å²) in [7, 11) is 0. The van der Waals surface area contributed by atoms with Crippen LogP contribution in [0.1, 0.15) is 27.2 Å². The molecule has 0 unspecified atom stereocenters. The van der Waals surface area contributed by atoms with Crippen molar-refractivity contribution in [3.63, 3.8) is 0 Å². The quantitative estimate of drug-likeness (QED) is 0.513. The lowest BCUT2D eigenvalue weighted by Crippen LogP contribution is -2.16. The van der Waals surface area contributed by atoms with Gasteiger partial charge in [0.05, 0.1) is 19.1 Å². The molecule has 0 rings (SSSR count). The molecule has 0 bridgehead atoms. The Morgan fingerprint density at radius 3 is 2.67 bits per heavy atom. The van der Waals surface area contributed by atoms with Crippen molar-refractivity contribution >= 4 is 5.97 Å². The summed E-state index contributed by atoms with van der Waals surface area (Å²) in [6, 6.07) is 0. The molecule has 1 N–H and O–H groups in total. The lowest BCUT2D eigenvalue weighted by molar-refractivity contribution is -0.144. The second-order valence-electron chi connectivity index (χ2n) is 2.56. The van der Waals surface area contributed by atoms with E-state index in [0.29, 0.717) is 6.61 Å². The highest BCUT2D eigenvalue weighted by Gasteiger charge is 2.11. The molecule has 12 heavy (non-hydrogen) atoms. The van der Waals surface area contributed by atoms with Crippen molar-refractivity contribution in [3.05, 3.63) is 11.6 Å². The summed E-state index contributed by atoms with van der Waals surface area (Å²) in [5.74, 6) is -0.355. The van der Waals surface area contributed by atoms with Crippen LogP contribution in [-0.4, -0.2) is 23.8 Å². The molecule has 0 amide bonds. The first-order chi connectivity index (χ1) is 5.61. The number of rotatable bonds is 4. The topological polar surface area (TPSA) is 46.5 Å². The smallest absolute Gasteiger partial charge is 0.308 e. The van der Waals surface area contributed by atoms with Gasteiger partial charge >= 0.3 is 5.97 Å². The Morgan fingerprint density at radius 2 is 2.25 bits per heavy atom. The minimum absolute atomic E-state index is 0.0456. The molecular weight excluding hydrogens is 156 g/mol. The Morgan fingerprint density at radius 1 is 1.67 bits per heavy atom. The molecule has 0 aromatic rings. The normalized spacial score (nSPS) is 14.2. The van der Waals surface area contributed by atoms with E-state index in [-0.39, 0.29) is 12.4 Å². The number of aliphatic hydroxyl groups excluding tert-OH is 1. The monoisotopic (exact) mass is 172 g/mol. The Labute approximate surface area is 73.0 Å². The number of ether oxygens (including phenoxy) is 1. The Kier molecular flexibility index (Phi) is 5.37. The van der Waals surface area contributed by atoms with Gasteiger partial charge in [-0.3, -0.25) is 4.79 Å². The van der Waals surface area contributed by atoms with Crippen molar-refractivity contribution in [2.45, 2.75) is 33.3 Å². The zero-order chi connectivity index (χ0) is 9.56. The molecule has 3 nitrogen and oxygen atoms in total. The standard InChI is InChI=1S/C9H16O3/c1-4-7(3)8(10)6-9(11)12-5-2/h4,8,10H,5-6H2,1-3H3/b7-4+/t8-/m0/s1. The van der Waals surface area contributed by atoms with E-state index in [1.54, 1.807) is 19.9 Å². The van der Waals surface area contributed by atoms with Crippen LogP contribution in [0.25, 0.3) is 0 Å². The third kappa shape index (κ3) is 4.13. The van der Waals surface area contributed by atoms with Gasteiger partial charge in [0.2, 0.25) is 0 Å². The van der Waals surface area contributed by atoms with E-state index in [4.69, 9.17) is 0 Å². The van der Waals surface area contributed by atoms with Crippen LogP contribution in [0.15, 0.2) is 11.6 Å². The molecule has 0 spiro atoms. The predicted molar refractivity (Wildman–Crippen MR) is 46.7 cm³/mol. The van der Waals surface area contributed by atoms with Crippen LogP contribution in [0.2, 0.25) is 0 Å². The van der Waals surface area contributed by atoms with Gasteiger partial charge in [0.15, 0.2) is 0 Å². The predicted octanol–water partition coefficient (Wildman–Crippen LogP) is 1.27. The first-order valence-electron chi connectivity index (χ1n) is 4.08. The highest BCUT2D eigenvalue weighted by atomic mass is 16.5. The van der Waals surface area contributed by atoms with Gasteiger partial charge in [0.25, 0.3) is 0 Å². The van der Waals surface area contributed by atoms with Gasteiger partial charge in [-0.05, 0) is 26.3 Å². The molecule has 0 aromatic heterocycles. The zero-order valence-corrected chi connectivity index (χ0v) is 7.83. The van der Waals surface area contributed by atoms with E-state index in [2.05, 4.69) is 4.74 Å². The fourth-order valence-corrected chi connectivity index (χ4v) is 0.731. The van der Waals surface area contributed by atoms with Crippen molar-refractivity contribution in [2.75, 3.05) is 6.61 Å². The van der Waals surface area contributed by atoms with Crippen LogP contribution in [0.4, 0.5) is 0 Å². The largest absolute Gasteiger partial charge is 0.466 e. The van der Waals surface area contributed by atoms with Gasteiger partial charge in [-0.2, -0.15) is 0 Å². The maximum absolute atomic E-state index is 10.9. The molecule has 0 radical (unpaired) electrons. The molecule has 0 aliphatic carbocycles. The minimum Gasteiger partial charge on any atom is -0.466 e. The van der Waals surface area contributed by atoms with Crippen LogP contribution in [0.5, 0.6) is 0 Å². The van der Waals surface area contributed by atoms with E-state index < -0.39 is 6.10 Å². The van der Waals surface area contributed by atoms with Crippen molar-refractivity contribution in [1.29, 1.82) is 0 Å². The van der Waals surface area contributed by atoms with Gasteiger partial charge in [-0.15, -0.1) is 0 Å². The minimum atomic E-state index is -0.700. The highest BCUT2D eigenvalue weighted by molar-refractivity contribution is 5.70. The number of hydrogen-bond donors (Lipinski definition) is 1.